The van der Waals surface area contributed by atoms with Crippen molar-refractivity contribution in [3.8, 4) is 5.75 Å². The highest BCUT2D eigenvalue weighted by molar-refractivity contribution is 6.07. The van der Waals surface area contributed by atoms with E-state index >= 15 is 0 Å². The molecule has 30 heavy (non-hydrogen) atoms. The maximum absolute atomic E-state index is 5.94. The van der Waals surface area contributed by atoms with Crippen molar-refractivity contribution in [2.24, 2.45) is 10.1 Å². The van der Waals surface area contributed by atoms with E-state index in [9.17, 15) is 0 Å². The van der Waals surface area contributed by atoms with Crippen LogP contribution in [0.15, 0.2) is 64.7 Å². The van der Waals surface area contributed by atoms with Crippen LogP contribution in [0.3, 0.4) is 0 Å². The van der Waals surface area contributed by atoms with E-state index in [1.54, 1.807) is 0 Å². The largest absolute Gasteiger partial charge is 0.494 e. The van der Waals surface area contributed by atoms with Crippen molar-refractivity contribution >= 4 is 11.7 Å². The van der Waals surface area contributed by atoms with Gasteiger partial charge in [0, 0.05) is 19.5 Å². The summed E-state index contributed by atoms with van der Waals surface area (Å²) in [5.41, 5.74) is 6.46. The lowest BCUT2D eigenvalue weighted by molar-refractivity contribution is 0.309. The van der Waals surface area contributed by atoms with Crippen LogP contribution < -0.4 is 15.5 Å². The number of rotatable bonds is 8. The van der Waals surface area contributed by atoms with Gasteiger partial charge in [-0.25, -0.2) is 5.43 Å². The average molecular weight is 406 g/mol. The minimum atomic E-state index is 0.113. The second-order valence-electron chi connectivity index (χ2n) is 7.90. The molecule has 0 bridgehead atoms. The Hall–Kier alpha value is -2.86. The summed E-state index contributed by atoms with van der Waals surface area (Å²) in [6.07, 6.45) is 3.49. The molecule has 2 aliphatic heterocycles. The molecule has 0 aliphatic carbocycles. The van der Waals surface area contributed by atoms with Crippen LogP contribution >= 0.6 is 0 Å². The van der Waals surface area contributed by atoms with Crippen LogP contribution in [0.25, 0.3) is 0 Å². The topological polar surface area (TPSA) is 61.3 Å². The van der Waals surface area contributed by atoms with Gasteiger partial charge < -0.3 is 10.1 Å². The van der Waals surface area contributed by atoms with Crippen molar-refractivity contribution in [1.29, 1.82) is 0 Å². The summed E-state index contributed by atoms with van der Waals surface area (Å²) >= 11 is 0. The van der Waals surface area contributed by atoms with Gasteiger partial charge in [0.1, 0.15) is 5.75 Å². The zero-order valence-electron chi connectivity index (χ0n) is 17.7. The van der Waals surface area contributed by atoms with E-state index in [-0.39, 0.29) is 6.04 Å². The number of ether oxygens (including phenoxy) is 1. The highest BCUT2D eigenvalue weighted by atomic mass is 16.5. The van der Waals surface area contributed by atoms with Gasteiger partial charge in [0.15, 0.2) is 0 Å². The van der Waals surface area contributed by atoms with Gasteiger partial charge >= 0.3 is 0 Å². The molecular weight excluding hydrogens is 374 g/mol. The Kier molecular flexibility index (Phi) is 6.98. The molecule has 0 amide bonds. The van der Waals surface area contributed by atoms with E-state index < -0.39 is 0 Å². The molecule has 2 aromatic rings. The van der Waals surface area contributed by atoms with Gasteiger partial charge in [-0.05, 0) is 56.1 Å². The first-order valence-corrected chi connectivity index (χ1v) is 10.9. The van der Waals surface area contributed by atoms with Crippen molar-refractivity contribution < 1.29 is 4.74 Å². The summed E-state index contributed by atoms with van der Waals surface area (Å²) in [4.78, 5) is 7.09. The van der Waals surface area contributed by atoms with Crippen molar-refractivity contribution in [1.82, 2.24) is 15.6 Å². The Morgan fingerprint density at radius 1 is 1.10 bits per heavy atom. The van der Waals surface area contributed by atoms with Gasteiger partial charge in [0.2, 0.25) is 5.96 Å². The Labute approximate surface area is 179 Å². The van der Waals surface area contributed by atoms with Gasteiger partial charge in [-0.15, -0.1) is 0 Å². The van der Waals surface area contributed by atoms with Gasteiger partial charge in [-0.1, -0.05) is 42.5 Å². The molecule has 0 saturated carbocycles. The number of guanidine groups is 1. The number of hydrogen-bond donors (Lipinski definition) is 2. The zero-order valence-corrected chi connectivity index (χ0v) is 17.7. The fourth-order valence-electron chi connectivity index (χ4n) is 3.90. The summed E-state index contributed by atoms with van der Waals surface area (Å²) in [6, 6.07) is 18.8. The van der Waals surface area contributed by atoms with E-state index in [0.717, 1.165) is 35.9 Å². The Morgan fingerprint density at radius 2 is 1.93 bits per heavy atom. The van der Waals surface area contributed by atoms with Crippen molar-refractivity contribution in [3.63, 3.8) is 0 Å². The predicted octanol–water partition coefficient (Wildman–Crippen LogP) is 3.39. The molecule has 158 valence electrons. The van der Waals surface area contributed by atoms with E-state index in [4.69, 9.17) is 4.74 Å². The molecule has 2 N–H and O–H groups in total. The lowest BCUT2D eigenvalue weighted by atomic mass is 10.0. The molecule has 2 aromatic carbocycles. The summed E-state index contributed by atoms with van der Waals surface area (Å²) in [5, 5.41) is 7.88. The number of likely N-dealkylation sites (tertiary alicyclic amines) is 1. The summed E-state index contributed by atoms with van der Waals surface area (Å²) in [7, 11) is 0. The van der Waals surface area contributed by atoms with Crippen LogP contribution in [-0.2, 0) is 6.54 Å². The second-order valence-corrected chi connectivity index (χ2v) is 7.90. The van der Waals surface area contributed by atoms with Crippen LogP contribution in [0.2, 0.25) is 0 Å². The molecule has 1 unspecified atom stereocenters. The normalized spacial score (nSPS) is 20.5. The standard InChI is InChI=1S/C24H31N5O/c1-19-23(21-10-3-2-4-11-21)27-28-24(26-19)25-13-8-16-30-22-12-7-9-20(17-22)18-29-14-5-6-15-29/h2-4,7,9-12,17,19H,5-6,8,13-16,18H2,1H3,(H2,25,26,28). The number of nitrogens with zero attached hydrogens (tertiary/aromatic N) is 3. The zero-order chi connectivity index (χ0) is 20.6. The molecule has 6 heteroatoms. The highest BCUT2D eigenvalue weighted by Crippen LogP contribution is 2.17. The molecule has 6 nitrogen and oxygen atoms in total. The summed E-state index contributed by atoms with van der Waals surface area (Å²) in [6.45, 7) is 6.88. The van der Waals surface area contributed by atoms with Gasteiger partial charge in [0.25, 0.3) is 0 Å². The highest BCUT2D eigenvalue weighted by Gasteiger charge is 2.19. The van der Waals surface area contributed by atoms with Crippen LogP contribution in [0.5, 0.6) is 5.75 Å². The van der Waals surface area contributed by atoms with Crippen LogP contribution in [0.1, 0.15) is 37.3 Å². The molecule has 1 saturated heterocycles. The minimum Gasteiger partial charge on any atom is -0.494 e. The second kappa shape index (κ2) is 10.3. The van der Waals surface area contributed by atoms with Crippen molar-refractivity contribution in [2.75, 3.05) is 26.2 Å². The summed E-state index contributed by atoms with van der Waals surface area (Å²) in [5.74, 6) is 1.66. The quantitative estimate of drug-likeness (QED) is 0.661. The molecular formula is C24H31N5O. The van der Waals surface area contributed by atoms with Gasteiger partial charge in [-0.2, -0.15) is 5.10 Å². The predicted molar refractivity (Wildman–Crippen MR) is 122 cm³/mol. The van der Waals surface area contributed by atoms with Crippen molar-refractivity contribution in [2.45, 2.75) is 38.8 Å². The third-order valence-corrected chi connectivity index (χ3v) is 5.46. The maximum Gasteiger partial charge on any atom is 0.212 e. The monoisotopic (exact) mass is 405 g/mol. The lowest BCUT2D eigenvalue weighted by Gasteiger charge is -2.24. The number of hydrogen-bond acceptors (Lipinski definition) is 4. The molecule has 4 rings (SSSR count). The molecule has 1 atom stereocenters. The number of nitrogens with one attached hydrogen (secondary N) is 2. The number of benzene rings is 2. The molecule has 1 fully saturated rings. The summed E-state index contributed by atoms with van der Waals surface area (Å²) < 4.78 is 5.94. The Bertz CT molecular complexity index is 874. The average Bonchev–Trinajstić information content (AvgIpc) is 3.27. The lowest BCUT2D eigenvalue weighted by Crippen LogP contribution is -2.49. The van der Waals surface area contributed by atoms with Gasteiger partial charge in [-0.3, -0.25) is 9.89 Å². The van der Waals surface area contributed by atoms with E-state index in [1.165, 1.54) is 31.5 Å². The van der Waals surface area contributed by atoms with Gasteiger partial charge in [0.05, 0.1) is 18.4 Å². The first kappa shape index (κ1) is 20.4. The minimum absolute atomic E-state index is 0.113. The number of aliphatic imine (C=N–C) groups is 1. The number of hydrazone groups is 1. The fraction of sp³-hybridized carbons (Fsp3) is 0.417. The third kappa shape index (κ3) is 5.60. The van der Waals surface area contributed by atoms with Crippen LogP contribution in [-0.4, -0.2) is 48.9 Å². The fourth-order valence-corrected chi connectivity index (χ4v) is 3.90. The van der Waals surface area contributed by atoms with E-state index in [0.29, 0.717) is 13.2 Å². The first-order chi connectivity index (χ1) is 14.8. The molecule has 0 aromatic heterocycles. The van der Waals surface area contributed by atoms with E-state index in [1.807, 2.05) is 24.3 Å². The SMILES string of the molecule is CC1NC(=NCCCOc2cccc(CN3CCCC3)c2)NN=C1c1ccccc1. The molecule has 0 spiro atoms. The third-order valence-electron chi connectivity index (χ3n) is 5.46. The smallest absolute Gasteiger partial charge is 0.212 e. The van der Waals surface area contributed by atoms with Crippen molar-refractivity contribution in [3.05, 3.63) is 65.7 Å². The first-order valence-electron chi connectivity index (χ1n) is 10.9. The Balaban J connectivity index is 1.21. The molecule has 2 heterocycles. The van der Waals surface area contributed by atoms with E-state index in [2.05, 4.69) is 63.0 Å². The van der Waals surface area contributed by atoms with Crippen LogP contribution in [0, 0.1) is 0 Å². The Morgan fingerprint density at radius 3 is 2.73 bits per heavy atom. The molecule has 2 aliphatic rings. The maximum atomic E-state index is 5.94. The molecule has 0 radical (unpaired) electrons. The van der Waals surface area contributed by atoms with Crippen LogP contribution in [0.4, 0.5) is 0 Å².